The molecule has 7 atom stereocenters. The van der Waals surface area contributed by atoms with E-state index in [1.165, 1.54) is 16.9 Å². The number of fused-ring (bicyclic) bond motifs is 8. The van der Waals surface area contributed by atoms with Crippen LogP contribution >= 0.6 is 19.2 Å². The van der Waals surface area contributed by atoms with Gasteiger partial charge in [0.1, 0.15) is 58.8 Å². The first-order chi connectivity index (χ1) is 52.5. The van der Waals surface area contributed by atoms with Gasteiger partial charge >= 0.3 is 13.3 Å². The Morgan fingerprint density at radius 1 is 0.532 bits per heavy atom. The van der Waals surface area contributed by atoms with Crippen LogP contribution in [0.3, 0.4) is 0 Å². The number of halogens is 1. The van der Waals surface area contributed by atoms with Crippen molar-refractivity contribution in [3.63, 3.8) is 0 Å². The summed E-state index contributed by atoms with van der Waals surface area (Å²) in [7, 11) is 5.94. The molecule has 8 heterocycles. The van der Waals surface area contributed by atoms with Gasteiger partial charge in [-0.25, -0.2) is 39.7 Å². The van der Waals surface area contributed by atoms with Crippen LogP contribution < -0.4 is 89.7 Å². The lowest BCUT2D eigenvalue weighted by Crippen LogP contribution is -2.48. The Morgan fingerprint density at radius 3 is 1.47 bits per heavy atom. The number of unbranched alkanes of at least 4 members (excludes halogenated alkanes) is 4. The van der Waals surface area contributed by atoms with Crippen LogP contribution in [0.4, 0.5) is 63.0 Å². The molecule has 0 saturated heterocycles. The number of methoxy groups -OCH3 is 1. The number of β-amino-alcohol motifs (C(OH)–C–C–N with tert-alkyl or cyclic N) is 2. The molecule has 0 saturated carbocycles. The van der Waals surface area contributed by atoms with Gasteiger partial charge in [-0.2, -0.15) is 4.98 Å². The van der Waals surface area contributed by atoms with Gasteiger partial charge in [-0.1, -0.05) is 31.3 Å². The van der Waals surface area contributed by atoms with E-state index in [1.807, 2.05) is 81.5 Å². The minimum atomic E-state index is -3.47. The zero-order valence-corrected chi connectivity index (χ0v) is 64.6. The largest absolute Gasteiger partial charge is 0.496 e. The monoisotopic (exact) mass is 1570 g/mol. The van der Waals surface area contributed by atoms with Crippen LogP contribution in [-0.4, -0.2) is 225 Å². The molecule has 4 aromatic carbocycles. The highest BCUT2D eigenvalue weighted by Gasteiger charge is 2.34. The molecular formula is C73H92ClN18O18P. The second-order valence-corrected chi connectivity index (χ2v) is 29.4. The molecule has 1 unspecified atom stereocenters. The Morgan fingerprint density at radius 2 is 0.982 bits per heavy atom. The number of H-pyrrole nitrogens is 4. The second kappa shape index (κ2) is 36.2. The van der Waals surface area contributed by atoms with E-state index >= 15 is 0 Å². The number of aliphatic hydroxyl groups is 9. The van der Waals surface area contributed by atoms with Gasteiger partial charge in [-0.05, 0) is 131 Å². The van der Waals surface area contributed by atoms with Crippen molar-refractivity contribution in [3.8, 4) is 17.3 Å². The van der Waals surface area contributed by atoms with Crippen LogP contribution in [-0.2, 0) is 15.6 Å². The predicted octanol–water partition coefficient (Wildman–Crippen LogP) is -0.324. The number of hydrogen-bond acceptors (Lipinski definition) is 30. The molecular weight excluding hydrogens is 1480 g/mol. The van der Waals surface area contributed by atoms with Gasteiger partial charge in [-0.3, -0.25) is 28.7 Å². The maximum Gasteiger partial charge on any atom is 0.349 e. The number of ether oxygens (including phenoxy) is 1. The number of aromatic amines is 4. The van der Waals surface area contributed by atoms with Crippen molar-refractivity contribution in [2.75, 3.05) is 113 Å². The third-order valence-corrected chi connectivity index (χ3v) is 19.2. The first-order valence-electron chi connectivity index (χ1n) is 35.1. The number of aliphatic hydroxyl groups excluding tert-OH is 9. The summed E-state index contributed by atoms with van der Waals surface area (Å²) in [4.78, 5) is 124. The van der Waals surface area contributed by atoms with E-state index in [-0.39, 0.29) is 76.7 Å². The minimum absolute atomic E-state index is 0.0287. The molecule has 0 bridgehead atoms. The van der Waals surface area contributed by atoms with Gasteiger partial charge in [0.15, 0.2) is 45.0 Å². The van der Waals surface area contributed by atoms with E-state index in [1.54, 1.807) is 31.2 Å². The molecule has 38 heteroatoms. The number of aromatic nitrogens is 10. The lowest BCUT2D eigenvalue weighted by Gasteiger charge is -2.32. The number of nitrogens with zero attached hydrogens (tertiary/aromatic N) is 14. The highest BCUT2D eigenvalue weighted by molar-refractivity contribution is 7.51. The average Bonchev–Trinajstić information content (AvgIpc) is 0.772. The normalized spacial score (nSPS) is 14.5. The first-order valence-corrected chi connectivity index (χ1v) is 37.5. The summed E-state index contributed by atoms with van der Waals surface area (Å²) >= 11 is 6.22. The Kier molecular flexibility index (Phi) is 27.7. The molecule has 0 amide bonds. The Hall–Kier alpha value is -10.3. The Bertz CT molecular complexity index is 5650. The third kappa shape index (κ3) is 19.7. The molecule has 594 valence electrons. The maximum atomic E-state index is 12.4. The molecule has 5 aliphatic rings. The fourth-order valence-electron chi connectivity index (χ4n) is 12.6. The standard InChI is InChI=1S/C19H26N5O5P.C19H25N5O2.C18H22N4O6.C17H19ClN4O5/c1-12-10-13-15(11-14(12)23(2)3)24(8-6-5-7-9-29-30(4,27)28)17-16(20-13)18(25)22-19(26)21-17;1-12-10-14-16(11-15(12)23(3)4)24(8-6-5-7-9-25)18-17(22-14)19(26)21-13(2)20-18;1-8-4-10-11(5-14(8)28-3)22(6-12(24)16(26)13(25)7-23)17-15(21-10)18(27)20-9(2)19-17;1-7-3-10-11(4-9(7)18)22(5-12(24)15(26)13(25)6-23)16-14(21-10)17(27)20-8(2)19-16/h10-11H,5-9H2,1-4H3,(H,27,28)(H,22,25,26);10-11,25H,2,5-9H2,1,3-4H3,(H,21,26);4-5,12-13,16,23-26H,2,6-7H2,1,3H3,(H,20,27);3-4,12-13,15,23-26H,2,5-6H2,1H3,(H,20,27)/t;;12-,13+,16-;12-,13+,15-/m..00/s1. The SMILES string of the molecule is C=c1nc2c(c(=O)[nH]1)=Nc1cc(C)c(Cl)cc1N2C[C@H](O)[C@H](O)[C@H](O)CO.C=c1nc2c(c(=O)[nH]1)=Nc1cc(C)c(N(C)C)cc1N2CCCCCO.C=c1nc2c(c(=O)[nH]1)=Nc1cc(C)c(OC)cc1N2C[C@H](O)[C@H](O)[C@H](O)CO.Cc1cc2nc3c(=O)[nH]c(=O)nc-3n(CCCCCOP(C)(=O)O)c2cc1N(C)C. The number of aryl methyl sites for hydroxylation is 5. The summed E-state index contributed by atoms with van der Waals surface area (Å²) in [5.74, 6) is 1.64. The molecule has 0 spiro atoms. The summed E-state index contributed by atoms with van der Waals surface area (Å²) < 4.78 is 23.3. The lowest BCUT2D eigenvalue weighted by molar-refractivity contribution is -0.0727. The Balaban J connectivity index is 0.000000170. The van der Waals surface area contributed by atoms with E-state index in [9.17, 15) is 64.1 Å². The lowest BCUT2D eigenvalue weighted by atomic mass is 10.1. The van der Waals surface area contributed by atoms with E-state index in [0.717, 1.165) is 82.9 Å². The van der Waals surface area contributed by atoms with Crippen molar-refractivity contribution >= 4 is 113 Å². The molecule has 14 N–H and O–H groups in total. The van der Waals surface area contributed by atoms with Crippen molar-refractivity contribution in [2.45, 2.75) is 109 Å². The number of benzene rings is 4. The van der Waals surface area contributed by atoms with Crippen molar-refractivity contribution in [2.24, 2.45) is 15.0 Å². The van der Waals surface area contributed by atoms with Gasteiger partial charge < -0.3 is 104 Å². The van der Waals surface area contributed by atoms with Crippen LogP contribution in [0.5, 0.6) is 5.75 Å². The zero-order chi connectivity index (χ0) is 81.4. The van der Waals surface area contributed by atoms with Crippen LogP contribution in [0.25, 0.3) is 42.3 Å². The van der Waals surface area contributed by atoms with Crippen LogP contribution in [0.2, 0.25) is 5.02 Å². The summed E-state index contributed by atoms with van der Waals surface area (Å²) in [5, 5.41) is 87.8. The summed E-state index contributed by atoms with van der Waals surface area (Å²) in [6.07, 6.45) is -4.57. The van der Waals surface area contributed by atoms with Gasteiger partial charge in [0, 0.05) is 77.0 Å². The molecule has 0 aliphatic carbocycles. The fraction of sp³-hybridized carbons (Fsp3) is 0.411. The second-order valence-electron chi connectivity index (χ2n) is 27.1. The van der Waals surface area contributed by atoms with Crippen molar-refractivity contribution in [3.05, 3.63) is 160 Å². The van der Waals surface area contributed by atoms with Crippen molar-refractivity contribution < 1.29 is 64.7 Å². The topological polar surface area (TPSA) is 509 Å². The highest BCUT2D eigenvalue weighted by atomic mass is 35.5. The third-order valence-electron chi connectivity index (χ3n) is 18.1. The van der Waals surface area contributed by atoms with E-state index in [4.69, 9.17) is 36.2 Å². The van der Waals surface area contributed by atoms with Crippen LogP contribution in [0.15, 0.2) is 87.5 Å². The fourth-order valence-corrected chi connectivity index (χ4v) is 13.2. The highest BCUT2D eigenvalue weighted by Crippen LogP contribution is 2.43. The molecule has 12 rings (SSSR count). The number of rotatable bonds is 25. The van der Waals surface area contributed by atoms with Gasteiger partial charge in [0.25, 0.3) is 22.2 Å². The zero-order valence-electron chi connectivity index (χ0n) is 62.9. The number of nitrogens with one attached hydrogen (secondary N) is 4. The van der Waals surface area contributed by atoms with Crippen LogP contribution in [0.1, 0.15) is 60.8 Å². The molecule has 0 radical (unpaired) electrons. The quantitative estimate of drug-likeness (QED) is 0.0198. The van der Waals surface area contributed by atoms with E-state index < -0.39 is 79.8 Å². The molecule has 0 fully saturated rings. The summed E-state index contributed by atoms with van der Waals surface area (Å²) in [6.45, 7) is 19.5. The molecule has 7 aromatic rings. The predicted molar refractivity (Wildman–Crippen MR) is 420 cm³/mol. The minimum Gasteiger partial charge on any atom is -0.496 e. The van der Waals surface area contributed by atoms with Crippen molar-refractivity contribution in [1.29, 1.82) is 0 Å². The van der Waals surface area contributed by atoms with E-state index in [0.29, 0.717) is 81.6 Å². The van der Waals surface area contributed by atoms with Crippen molar-refractivity contribution in [1.82, 2.24) is 49.4 Å². The van der Waals surface area contributed by atoms with E-state index in [2.05, 4.69) is 90.5 Å². The summed E-state index contributed by atoms with van der Waals surface area (Å²) in [5.41, 5.74) is 8.86. The van der Waals surface area contributed by atoms with Gasteiger partial charge in [0.05, 0.1) is 85.2 Å². The smallest absolute Gasteiger partial charge is 0.349 e. The van der Waals surface area contributed by atoms with Gasteiger partial charge in [0.2, 0.25) is 0 Å². The molecule has 3 aromatic heterocycles. The number of hydrogen-bond donors (Lipinski definition) is 14. The first kappa shape index (κ1) is 84.7. The summed E-state index contributed by atoms with van der Waals surface area (Å²) in [6, 6.07) is 14.7. The molecule has 111 heavy (non-hydrogen) atoms. The maximum absolute atomic E-state index is 12.4. The molecule has 36 nitrogen and oxygen atoms in total. The Labute approximate surface area is 638 Å². The van der Waals surface area contributed by atoms with Gasteiger partial charge in [-0.15, -0.1) is 0 Å². The van der Waals surface area contributed by atoms with Crippen LogP contribution in [0, 0.1) is 27.7 Å². The molecule has 5 aliphatic heterocycles. The average molecular weight is 1580 g/mol. The number of anilines is 8.